The number of hydrogen-bond donors (Lipinski definition) is 1. The molecule has 2 aromatic rings. The van der Waals surface area contributed by atoms with Crippen LogP contribution in [0.3, 0.4) is 0 Å². The Bertz CT molecular complexity index is 1310. The van der Waals surface area contributed by atoms with Crippen molar-refractivity contribution in [3.8, 4) is 5.75 Å². The molecule has 1 aromatic carbocycles. The maximum Gasteiger partial charge on any atom is 0.305 e. The number of nitrogens with zero attached hydrogens (tertiary/aromatic N) is 3. The zero-order valence-corrected chi connectivity index (χ0v) is 26.6. The van der Waals surface area contributed by atoms with E-state index in [9.17, 15) is 14.7 Å². The fourth-order valence-corrected chi connectivity index (χ4v) is 5.24. The average Bonchev–Trinajstić information content (AvgIpc) is 3.03. The number of aromatic nitrogens is 2. The van der Waals surface area contributed by atoms with E-state index in [1.54, 1.807) is 27.0 Å². The lowest BCUT2D eigenvalue weighted by Crippen LogP contribution is -2.34. The predicted molar refractivity (Wildman–Crippen MR) is 173 cm³/mol. The van der Waals surface area contributed by atoms with E-state index in [1.807, 2.05) is 6.08 Å². The number of aryl methyl sites for hydroxylation is 1. The van der Waals surface area contributed by atoms with Crippen molar-refractivity contribution in [2.75, 3.05) is 45.1 Å². The number of allylic oxidation sites excluding steroid dienone is 3. The molecule has 1 N–H and O–H groups in total. The summed E-state index contributed by atoms with van der Waals surface area (Å²) in [6.45, 7) is 12.3. The fraction of sp³-hybridized carbons (Fsp3) is 0.486. The monoisotopic (exact) mass is 605 g/mol. The summed E-state index contributed by atoms with van der Waals surface area (Å²) in [7, 11) is 1.60. The Morgan fingerprint density at radius 2 is 1.82 bits per heavy atom. The van der Waals surface area contributed by atoms with Crippen molar-refractivity contribution < 1.29 is 28.9 Å². The maximum absolute atomic E-state index is 12.8. The van der Waals surface area contributed by atoms with Gasteiger partial charge in [0.2, 0.25) is 0 Å². The molecule has 3 rings (SSSR count). The smallest absolute Gasteiger partial charge is 0.305 e. The van der Waals surface area contributed by atoms with E-state index < -0.39 is 0 Å². The van der Waals surface area contributed by atoms with E-state index >= 15 is 0 Å². The van der Waals surface area contributed by atoms with Gasteiger partial charge in [-0.2, -0.15) is 0 Å². The SMILES string of the molecule is C=C/C(=C\C=C(/CC)c1ccc(N2CCC(Cc3nc(C)c(O)c(C(=O)CCCC(=O)OCC)n3)CC2)cc1)COCOC. The molecule has 2 heterocycles. The lowest BCUT2D eigenvalue weighted by atomic mass is 9.92. The van der Waals surface area contributed by atoms with E-state index in [1.165, 1.54) is 16.8 Å². The Balaban J connectivity index is 1.57. The van der Waals surface area contributed by atoms with Gasteiger partial charge >= 0.3 is 5.97 Å². The number of esters is 1. The van der Waals surface area contributed by atoms with Gasteiger partial charge in [0.15, 0.2) is 17.2 Å². The van der Waals surface area contributed by atoms with Crippen molar-refractivity contribution in [1.82, 2.24) is 9.97 Å². The topological polar surface area (TPSA) is 111 Å². The molecule has 1 aliphatic heterocycles. The molecule has 0 radical (unpaired) electrons. The number of aromatic hydroxyl groups is 1. The van der Waals surface area contributed by atoms with Crippen LogP contribution in [0.4, 0.5) is 5.69 Å². The molecule has 0 atom stereocenters. The van der Waals surface area contributed by atoms with E-state index in [0.717, 1.165) is 37.9 Å². The van der Waals surface area contributed by atoms with E-state index in [2.05, 4.69) is 58.7 Å². The molecule has 0 spiro atoms. The largest absolute Gasteiger partial charge is 0.504 e. The van der Waals surface area contributed by atoms with Crippen LogP contribution in [0.5, 0.6) is 5.75 Å². The standard InChI is InChI=1S/C35H47N3O6/c1-6-26(23-43-24-42-5)12-13-28(7-2)29-14-16-30(17-15-29)38-20-18-27(19-21-38)22-32-36-25(4)35(41)34(37-32)31(39)10-9-11-33(40)44-8-3/h6,12-17,27,41H,1,7-11,18-24H2,2-5H3/b26-12+,28-13+. The Hall–Kier alpha value is -3.82. The molecule has 0 bridgehead atoms. The highest BCUT2D eigenvalue weighted by atomic mass is 16.7. The number of anilines is 1. The number of carbonyl (C=O) groups excluding carboxylic acids is 2. The third kappa shape index (κ3) is 10.4. The highest BCUT2D eigenvalue weighted by Crippen LogP contribution is 2.29. The Kier molecular flexibility index (Phi) is 14.3. The molecule has 0 aliphatic carbocycles. The molecule has 1 aromatic heterocycles. The third-order valence-corrected chi connectivity index (χ3v) is 7.76. The summed E-state index contributed by atoms with van der Waals surface area (Å²) in [6, 6.07) is 8.73. The zero-order chi connectivity index (χ0) is 31.9. The fourth-order valence-electron chi connectivity index (χ4n) is 5.24. The van der Waals surface area contributed by atoms with Gasteiger partial charge in [0.1, 0.15) is 12.6 Å². The third-order valence-electron chi connectivity index (χ3n) is 7.76. The van der Waals surface area contributed by atoms with Crippen LogP contribution >= 0.6 is 0 Å². The van der Waals surface area contributed by atoms with Gasteiger partial charge in [-0.3, -0.25) is 9.59 Å². The summed E-state index contributed by atoms with van der Waals surface area (Å²) in [6.07, 6.45) is 10.1. The molecule has 238 valence electrons. The van der Waals surface area contributed by atoms with Crippen molar-refractivity contribution in [1.29, 1.82) is 0 Å². The second kappa shape index (κ2) is 18.1. The number of Topliss-reactive ketones (excluding diaryl/α,β-unsaturated/α-hetero) is 1. The molecule has 1 aliphatic rings. The lowest BCUT2D eigenvalue weighted by molar-refractivity contribution is -0.143. The minimum atomic E-state index is -0.329. The summed E-state index contributed by atoms with van der Waals surface area (Å²) >= 11 is 0. The molecule has 0 saturated carbocycles. The van der Waals surface area contributed by atoms with Crippen molar-refractivity contribution in [3.63, 3.8) is 0 Å². The van der Waals surface area contributed by atoms with E-state index in [-0.39, 0.29) is 42.8 Å². The number of ether oxygens (including phenoxy) is 3. The summed E-state index contributed by atoms with van der Waals surface area (Å²) in [5.41, 5.74) is 5.07. The summed E-state index contributed by atoms with van der Waals surface area (Å²) < 4.78 is 15.3. The Labute approximate surface area is 261 Å². The molecule has 0 amide bonds. The second-order valence-electron chi connectivity index (χ2n) is 10.9. The highest BCUT2D eigenvalue weighted by molar-refractivity contribution is 5.97. The second-order valence-corrected chi connectivity index (χ2v) is 10.9. The van der Waals surface area contributed by atoms with Gasteiger partial charge in [-0.25, -0.2) is 9.97 Å². The summed E-state index contributed by atoms with van der Waals surface area (Å²) in [5.74, 6) is 0.169. The zero-order valence-electron chi connectivity index (χ0n) is 26.6. The van der Waals surface area contributed by atoms with Crippen LogP contribution in [0.15, 0.2) is 54.6 Å². The number of rotatable bonds is 17. The molecule has 9 heteroatoms. The molecule has 9 nitrogen and oxygen atoms in total. The quantitative estimate of drug-likeness (QED) is 0.0721. The number of piperidine rings is 1. The van der Waals surface area contributed by atoms with Gasteiger partial charge < -0.3 is 24.2 Å². The normalized spacial score (nSPS) is 14.5. The van der Waals surface area contributed by atoms with Gasteiger partial charge in [-0.15, -0.1) is 0 Å². The predicted octanol–water partition coefficient (Wildman–Crippen LogP) is 6.39. The van der Waals surface area contributed by atoms with Crippen LogP contribution < -0.4 is 4.90 Å². The molecule has 44 heavy (non-hydrogen) atoms. The van der Waals surface area contributed by atoms with Crippen molar-refractivity contribution in [2.45, 2.75) is 65.7 Å². The van der Waals surface area contributed by atoms with Gasteiger partial charge in [-0.05, 0) is 74.3 Å². The van der Waals surface area contributed by atoms with Gasteiger partial charge in [0.25, 0.3) is 0 Å². The highest BCUT2D eigenvalue weighted by Gasteiger charge is 2.23. The van der Waals surface area contributed by atoms with E-state index in [4.69, 9.17) is 14.2 Å². The van der Waals surface area contributed by atoms with Gasteiger partial charge in [-0.1, -0.05) is 43.9 Å². The first kappa shape index (κ1) is 34.7. The minimum absolute atomic E-state index is 0.0463. The number of carbonyl (C=O) groups is 2. The Morgan fingerprint density at radius 3 is 2.45 bits per heavy atom. The number of hydrogen-bond acceptors (Lipinski definition) is 9. The molecule has 1 fully saturated rings. The number of benzene rings is 1. The first-order chi connectivity index (χ1) is 21.3. The van der Waals surface area contributed by atoms with E-state index in [0.29, 0.717) is 43.5 Å². The van der Waals surface area contributed by atoms with Crippen LogP contribution in [0.25, 0.3) is 5.57 Å². The Morgan fingerprint density at radius 1 is 1.09 bits per heavy atom. The van der Waals surface area contributed by atoms with Crippen LogP contribution in [-0.2, 0) is 25.4 Å². The number of methoxy groups -OCH3 is 1. The van der Waals surface area contributed by atoms with Crippen LogP contribution in [0, 0.1) is 12.8 Å². The first-order valence-electron chi connectivity index (χ1n) is 15.5. The first-order valence-corrected chi connectivity index (χ1v) is 15.5. The molecular formula is C35H47N3O6. The summed E-state index contributed by atoms with van der Waals surface area (Å²) in [4.78, 5) is 35.7. The van der Waals surface area contributed by atoms with Crippen LogP contribution in [0.1, 0.15) is 79.9 Å². The van der Waals surface area contributed by atoms with Crippen LogP contribution in [-0.4, -0.2) is 67.0 Å². The van der Waals surface area contributed by atoms with Crippen molar-refractivity contribution >= 4 is 23.0 Å². The summed E-state index contributed by atoms with van der Waals surface area (Å²) in [5, 5.41) is 10.5. The van der Waals surface area contributed by atoms with Crippen molar-refractivity contribution in [3.05, 3.63) is 77.4 Å². The van der Waals surface area contributed by atoms with Gasteiger partial charge in [0, 0.05) is 45.1 Å². The molecule has 0 unspecified atom stereocenters. The van der Waals surface area contributed by atoms with Crippen molar-refractivity contribution in [2.24, 2.45) is 5.92 Å². The van der Waals surface area contributed by atoms with Gasteiger partial charge in [0.05, 0.1) is 18.9 Å². The molecular weight excluding hydrogens is 558 g/mol. The number of ketones is 1. The maximum atomic E-state index is 12.8. The minimum Gasteiger partial charge on any atom is -0.504 e. The van der Waals surface area contributed by atoms with Crippen LogP contribution in [0.2, 0.25) is 0 Å². The lowest BCUT2D eigenvalue weighted by Gasteiger charge is -2.33. The molecule has 1 saturated heterocycles. The average molecular weight is 606 g/mol.